The van der Waals surface area contributed by atoms with Crippen LogP contribution >= 0.6 is 24.4 Å². The lowest BCUT2D eigenvalue weighted by Gasteiger charge is -2.26. The molecule has 1 heterocycles. The molecule has 1 aliphatic rings. The molecular weight excluding hydrogens is 266 g/mol. The fourth-order valence-corrected chi connectivity index (χ4v) is 3.13. The normalized spacial score (nSPS) is 20.5. The van der Waals surface area contributed by atoms with Crippen LogP contribution in [-0.2, 0) is 9.53 Å². The van der Waals surface area contributed by atoms with Crippen molar-refractivity contribution in [1.29, 1.82) is 0 Å². The van der Waals surface area contributed by atoms with Gasteiger partial charge in [-0.25, -0.2) is 0 Å². The molecule has 5 heteroatoms. The van der Waals surface area contributed by atoms with Gasteiger partial charge in [0, 0.05) is 33.2 Å². The number of thiol groups is 1. The molecule has 0 aliphatic carbocycles. The molecule has 0 spiro atoms. The van der Waals surface area contributed by atoms with Gasteiger partial charge in [-0.1, -0.05) is 25.6 Å². The Bertz CT molecular complexity index is 282. The Morgan fingerprint density at radius 2 is 2.17 bits per heavy atom. The summed E-state index contributed by atoms with van der Waals surface area (Å²) < 4.78 is 12.8. The van der Waals surface area contributed by atoms with Crippen molar-refractivity contribution in [3.8, 4) is 0 Å². The molecule has 0 amide bonds. The van der Waals surface area contributed by atoms with Gasteiger partial charge in [0.25, 0.3) is 0 Å². The van der Waals surface area contributed by atoms with E-state index in [1.54, 1.807) is 0 Å². The van der Waals surface area contributed by atoms with E-state index < -0.39 is 0 Å². The van der Waals surface area contributed by atoms with Crippen molar-refractivity contribution < 1.29 is 10.9 Å². The highest BCUT2D eigenvalue weighted by Crippen LogP contribution is 2.27. The lowest BCUT2D eigenvalue weighted by atomic mass is 9.93. The van der Waals surface area contributed by atoms with Crippen molar-refractivity contribution in [2.75, 3.05) is 44.3 Å². The monoisotopic (exact) mass is 293 g/mol. The molecule has 0 aromatic rings. The predicted molar refractivity (Wildman–Crippen MR) is 81.6 cm³/mol. The van der Waals surface area contributed by atoms with Crippen molar-refractivity contribution in [1.82, 2.24) is 4.90 Å². The molecule has 0 aromatic carbocycles. The van der Waals surface area contributed by atoms with Crippen LogP contribution in [0.15, 0.2) is 0 Å². The molecule has 18 heavy (non-hydrogen) atoms. The van der Waals surface area contributed by atoms with Crippen LogP contribution in [0.4, 0.5) is 0 Å². The number of hydrogen-bond donors (Lipinski definition) is 1. The summed E-state index contributed by atoms with van der Waals surface area (Å²) in [6.07, 6.45) is 1.31. The molecule has 0 saturated carbocycles. The topological polar surface area (TPSA) is 29.5 Å². The first kappa shape index (κ1) is 14.7. The van der Waals surface area contributed by atoms with Crippen LogP contribution in [0, 0.1) is 5.41 Å². The average molecular weight is 293 g/mol. The van der Waals surface area contributed by atoms with Crippen molar-refractivity contribution in [2.24, 2.45) is 5.41 Å². The highest BCUT2D eigenvalue weighted by atomic mass is 32.2. The van der Waals surface area contributed by atoms with E-state index in [0.29, 0.717) is 12.8 Å². The Morgan fingerprint density at radius 3 is 2.78 bits per heavy atom. The maximum absolute atomic E-state index is 11.9. The zero-order valence-corrected chi connectivity index (χ0v) is 13.1. The number of thioether (sulfide) groups is 1. The summed E-state index contributed by atoms with van der Waals surface area (Å²) in [7, 11) is 0. The molecule has 1 aliphatic heterocycles. The van der Waals surface area contributed by atoms with Crippen LogP contribution < -0.4 is 0 Å². The molecule has 0 bridgehead atoms. The third kappa shape index (κ3) is 7.02. The van der Waals surface area contributed by atoms with Crippen molar-refractivity contribution in [3.05, 3.63) is 0 Å². The van der Waals surface area contributed by atoms with Gasteiger partial charge in [-0.2, -0.15) is 12.6 Å². The van der Waals surface area contributed by atoms with E-state index in [9.17, 15) is 4.79 Å². The van der Waals surface area contributed by atoms with E-state index in [-0.39, 0.29) is 16.3 Å². The van der Waals surface area contributed by atoms with Gasteiger partial charge in [-0.05, 0) is 17.6 Å². The third-order valence-electron chi connectivity index (χ3n) is 3.00. The van der Waals surface area contributed by atoms with Crippen LogP contribution in [0.1, 0.15) is 28.1 Å². The SMILES string of the molecule is [3H]C(S)CC(C)(C)CSC(=O)CCN1CCOCC1. The Morgan fingerprint density at radius 1 is 1.50 bits per heavy atom. The average Bonchev–Trinajstić information content (AvgIpc) is 2.34. The smallest absolute Gasteiger partial charge is 0.190 e. The molecule has 106 valence electrons. The largest absolute Gasteiger partial charge is 0.379 e. The van der Waals surface area contributed by atoms with Crippen molar-refractivity contribution in [3.63, 3.8) is 0 Å². The zero-order chi connectivity index (χ0) is 14.3. The number of rotatable bonds is 7. The minimum atomic E-state index is -0.362. The quantitative estimate of drug-likeness (QED) is 0.730. The predicted octanol–water partition coefficient (Wildman–Crippen LogP) is 2.31. The summed E-state index contributed by atoms with van der Waals surface area (Å²) in [5.41, 5.74) is -0.368. The van der Waals surface area contributed by atoms with Gasteiger partial charge in [-0.3, -0.25) is 9.69 Å². The van der Waals surface area contributed by atoms with Crippen LogP contribution in [0.5, 0.6) is 0 Å². The molecule has 1 saturated heterocycles. The molecule has 0 aromatic heterocycles. The van der Waals surface area contributed by atoms with Gasteiger partial charge < -0.3 is 4.74 Å². The molecule has 0 radical (unpaired) electrons. The second-order valence-electron chi connectivity index (χ2n) is 5.42. The number of carbonyl (C=O) groups is 1. The minimum Gasteiger partial charge on any atom is -0.379 e. The highest BCUT2D eigenvalue weighted by Gasteiger charge is 2.19. The Kier molecular flexibility index (Phi) is 6.91. The zero-order valence-electron chi connectivity index (χ0n) is 12.4. The van der Waals surface area contributed by atoms with Gasteiger partial charge in [0.15, 0.2) is 5.12 Å². The number of carbonyl (C=O) groups excluding carboxylic acids is 1. The van der Waals surface area contributed by atoms with Crippen LogP contribution in [0.2, 0.25) is 0 Å². The lowest BCUT2D eigenvalue weighted by Crippen LogP contribution is -2.37. The van der Waals surface area contributed by atoms with Gasteiger partial charge in [0.05, 0.1) is 13.2 Å². The van der Waals surface area contributed by atoms with Crippen LogP contribution in [0.25, 0.3) is 0 Å². The maximum atomic E-state index is 11.9. The lowest BCUT2D eigenvalue weighted by molar-refractivity contribution is -0.111. The first-order valence-electron chi connectivity index (χ1n) is 7.03. The summed E-state index contributed by atoms with van der Waals surface area (Å²) in [5, 5.41) is 0.250. The summed E-state index contributed by atoms with van der Waals surface area (Å²) in [6.45, 7) is 8.44. The number of ether oxygens (including phenoxy) is 1. The number of morpholine rings is 1. The standard InChI is InChI=1S/C13H25NO2S2/c1-13(2,4-10-17)11-18-12(15)3-5-14-6-8-16-9-7-14/h17H,3-11H2,1-2H3/i10T. The molecule has 0 N–H and O–H groups in total. The first-order chi connectivity index (χ1) is 8.89. The van der Waals surface area contributed by atoms with E-state index in [2.05, 4.69) is 31.4 Å². The van der Waals surface area contributed by atoms with Crippen LogP contribution in [0.3, 0.4) is 0 Å². The molecular formula is C13H25NO2S2. The van der Waals surface area contributed by atoms with Gasteiger partial charge >= 0.3 is 0 Å². The minimum absolute atomic E-state index is 0.00649. The summed E-state index contributed by atoms with van der Waals surface area (Å²) in [4.78, 5) is 14.1. The number of nitrogens with zero attached hydrogens (tertiary/aromatic N) is 1. The highest BCUT2D eigenvalue weighted by molar-refractivity contribution is 8.13. The second-order valence-corrected chi connectivity index (χ2v) is 6.81. The van der Waals surface area contributed by atoms with Gasteiger partial charge in [-0.15, -0.1) is 0 Å². The number of hydrogen-bond acceptors (Lipinski definition) is 5. The fraction of sp³-hybridized carbons (Fsp3) is 0.923. The van der Waals surface area contributed by atoms with Crippen molar-refractivity contribution >= 4 is 29.5 Å². The van der Waals surface area contributed by atoms with Crippen molar-refractivity contribution in [2.45, 2.75) is 26.7 Å². The molecule has 1 atom stereocenters. The summed E-state index contributed by atoms with van der Waals surface area (Å²) in [6, 6.07) is 0. The Labute approximate surface area is 122 Å². The van der Waals surface area contributed by atoms with Gasteiger partial charge in [0.1, 0.15) is 0 Å². The van der Waals surface area contributed by atoms with E-state index in [4.69, 9.17) is 6.11 Å². The van der Waals surface area contributed by atoms with E-state index >= 15 is 0 Å². The van der Waals surface area contributed by atoms with Crippen LogP contribution in [-0.4, -0.2) is 54.3 Å². The van der Waals surface area contributed by atoms with E-state index in [1.165, 1.54) is 11.8 Å². The molecule has 1 unspecified atom stereocenters. The Balaban J connectivity index is 2.16. The summed E-state index contributed by atoms with van der Waals surface area (Å²) in [5.74, 6) is 0.769. The molecule has 1 rings (SSSR count). The first-order valence-corrected chi connectivity index (χ1v) is 7.95. The molecule has 1 fully saturated rings. The third-order valence-corrected chi connectivity index (χ3v) is 4.64. The fourth-order valence-electron chi connectivity index (χ4n) is 1.73. The molecule has 3 nitrogen and oxygen atoms in total. The van der Waals surface area contributed by atoms with Gasteiger partial charge in [0.2, 0.25) is 0 Å². The maximum Gasteiger partial charge on any atom is 0.190 e. The van der Waals surface area contributed by atoms with E-state index in [0.717, 1.165) is 38.6 Å². The van der Waals surface area contributed by atoms with E-state index in [1.807, 2.05) is 0 Å². The summed E-state index contributed by atoms with van der Waals surface area (Å²) >= 11 is 5.50. The second kappa shape index (κ2) is 8.46. The Hall–Kier alpha value is 0.290.